The van der Waals surface area contributed by atoms with Gasteiger partial charge in [-0.3, -0.25) is 0 Å². The molecule has 0 spiro atoms. The van der Waals surface area contributed by atoms with E-state index in [2.05, 4.69) is 0 Å². The number of nitrogens with two attached hydrogens (primary N) is 2. The van der Waals surface area contributed by atoms with E-state index in [0.29, 0.717) is 17.3 Å². The largest absolute Gasteiger partial charge is 0.495 e. The van der Waals surface area contributed by atoms with Crippen LogP contribution < -0.4 is 16.2 Å². The molecule has 0 radical (unpaired) electrons. The Hall–Kier alpha value is -0.770. The highest BCUT2D eigenvalue weighted by atomic mass is 35.5. The van der Waals surface area contributed by atoms with Crippen LogP contribution in [0.25, 0.3) is 0 Å². The lowest BCUT2D eigenvalue weighted by Gasteiger charge is -2.10. The van der Waals surface area contributed by atoms with Gasteiger partial charge >= 0.3 is 0 Å². The Labute approximate surface area is 82.6 Å². The first kappa shape index (κ1) is 10.3. The van der Waals surface area contributed by atoms with Gasteiger partial charge in [-0.2, -0.15) is 0 Å². The smallest absolute Gasteiger partial charge is 0.137 e. The van der Waals surface area contributed by atoms with Crippen LogP contribution in [-0.4, -0.2) is 13.7 Å². The van der Waals surface area contributed by atoms with Gasteiger partial charge in [0, 0.05) is 12.6 Å². The number of benzene rings is 1. The van der Waals surface area contributed by atoms with Gasteiger partial charge in [-0.05, 0) is 17.7 Å². The fourth-order valence-electron chi connectivity index (χ4n) is 1.05. The minimum absolute atomic E-state index is 0.164. The second kappa shape index (κ2) is 4.46. The van der Waals surface area contributed by atoms with Gasteiger partial charge in [-0.25, -0.2) is 0 Å². The molecule has 1 unspecified atom stereocenters. The Kier molecular flexibility index (Phi) is 3.54. The molecule has 0 aliphatic carbocycles. The van der Waals surface area contributed by atoms with Crippen LogP contribution in [0.15, 0.2) is 18.2 Å². The standard InChI is InChI=1S/C9H13ClN2O/c1-13-9-3-2-6(4-7(9)10)8(12)5-11/h2-4,8H,5,11-12H2,1H3. The van der Waals surface area contributed by atoms with E-state index in [4.69, 9.17) is 27.8 Å². The van der Waals surface area contributed by atoms with Crippen molar-refractivity contribution in [2.75, 3.05) is 13.7 Å². The number of rotatable bonds is 3. The molecule has 1 aromatic carbocycles. The third kappa shape index (κ3) is 2.34. The number of ether oxygens (including phenoxy) is 1. The van der Waals surface area contributed by atoms with E-state index in [1.54, 1.807) is 19.2 Å². The van der Waals surface area contributed by atoms with Crippen molar-refractivity contribution in [3.63, 3.8) is 0 Å². The lowest BCUT2D eigenvalue weighted by Crippen LogP contribution is -2.20. The summed E-state index contributed by atoms with van der Waals surface area (Å²) in [6.07, 6.45) is 0. The van der Waals surface area contributed by atoms with Gasteiger partial charge in [0.05, 0.1) is 12.1 Å². The van der Waals surface area contributed by atoms with Crippen molar-refractivity contribution in [3.8, 4) is 5.75 Å². The highest BCUT2D eigenvalue weighted by molar-refractivity contribution is 6.32. The van der Waals surface area contributed by atoms with Crippen molar-refractivity contribution in [3.05, 3.63) is 28.8 Å². The van der Waals surface area contributed by atoms with Gasteiger partial charge in [0.2, 0.25) is 0 Å². The number of hydrogen-bond donors (Lipinski definition) is 2. The second-order valence-corrected chi connectivity index (χ2v) is 3.14. The van der Waals surface area contributed by atoms with E-state index in [1.807, 2.05) is 6.07 Å². The zero-order valence-corrected chi connectivity index (χ0v) is 8.21. The molecule has 0 saturated heterocycles. The summed E-state index contributed by atoms with van der Waals surface area (Å²) in [5.41, 5.74) is 12.1. The van der Waals surface area contributed by atoms with Gasteiger partial charge < -0.3 is 16.2 Å². The van der Waals surface area contributed by atoms with Crippen LogP contribution in [0.5, 0.6) is 5.75 Å². The van der Waals surface area contributed by atoms with Crippen LogP contribution in [-0.2, 0) is 0 Å². The molecule has 0 aliphatic rings. The van der Waals surface area contributed by atoms with Crippen molar-refractivity contribution in [2.24, 2.45) is 11.5 Å². The van der Waals surface area contributed by atoms with Crippen LogP contribution in [0.2, 0.25) is 5.02 Å². The first-order valence-electron chi connectivity index (χ1n) is 3.98. The Morgan fingerprint density at radius 2 is 2.23 bits per heavy atom. The summed E-state index contributed by atoms with van der Waals surface area (Å²) in [5, 5.41) is 0.559. The molecule has 0 aromatic heterocycles. The third-order valence-corrected chi connectivity index (χ3v) is 2.15. The molecule has 0 amide bonds. The quantitative estimate of drug-likeness (QED) is 0.774. The first-order valence-corrected chi connectivity index (χ1v) is 4.36. The zero-order valence-electron chi connectivity index (χ0n) is 7.46. The van der Waals surface area contributed by atoms with Crippen molar-refractivity contribution in [1.82, 2.24) is 0 Å². The van der Waals surface area contributed by atoms with Gasteiger partial charge in [-0.1, -0.05) is 17.7 Å². The molecular formula is C9H13ClN2O. The topological polar surface area (TPSA) is 61.3 Å². The van der Waals surface area contributed by atoms with Crippen LogP contribution in [0.1, 0.15) is 11.6 Å². The molecule has 0 aliphatic heterocycles. The Bertz CT molecular complexity index is 291. The molecule has 0 heterocycles. The molecule has 4 heteroatoms. The Morgan fingerprint density at radius 3 is 2.69 bits per heavy atom. The maximum atomic E-state index is 5.91. The summed E-state index contributed by atoms with van der Waals surface area (Å²) >= 11 is 5.91. The summed E-state index contributed by atoms with van der Waals surface area (Å²) in [5.74, 6) is 0.648. The lowest BCUT2D eigenvalue weighted by atomic mass is 10.1. The van der Waals surface area contributed by atoms with E-state index in [-0.39, 0.29) is 6.04 Å². The maximum absolute atomic E-state index is 5.91. The summed E-state index contributed by atoms with van der Waals surface area (Å²) in [6.45, 7) is 0.405. The molecule has 13 heavy (non-hydrogen) atoms. The van der Waals surface area contributed by atoms with E-state index in [1.165, 1.54) is 0 Å². The minimum atomic E-state index is -0.164. The molecule has 4 N–H and O–H groups in total. The van der Waals surface area contributed by atoms with Gasteiger partial charge in [0.25, 0.3) is 0 Å². The van der Waals surface area contributed by atoms with E-state index in [9.17, 15) is 0 Å². The fourth-order valence-corrected chi connectivity index (χ4v) is 1.32. The number of hydrogen-bond acceptors (Lipinski definition) is 3. The predicted molar refractivity (Wildman–Crippen MR) is 54.0 cm³/mol. The van der Waals surface area contributed by atoms with Crippen LogP contribution in [0.4, 0.5) is 0 Å². The Balaban J connectivity index is 2.95. The fraction of sp³-hybridized carbons (Fsp3) is 0.333. The summed E-state index contributed by atoms with van der Waals surface area (Å²) in [6, 6.07) is 5.26. The highest BCUT2D eigenvalue weighted by Crippen LogP contribution is 2.26. The summed E-state index contributed by atoms with van der Waals surface area (Å²) < 4.78 is 5.01. The molecule has 72 valence electrons. The summed E-state index contributed by atoms with van der Waals surface area (Å²) in [4.78, 5) is 0. The van der Waals surface area contributed by atoms with E-state index >= 15 is 0 Å². The maximum Gasteiger partial charge on any atom is 0.137 e. The molecule has 3 nitrogen and oxygen atoms in total. The molecule has 0 saturated carbocycles. The summed E-state index contributed by atoms with van der Waals surface area (Å²) in [7, 11) is 1.57. The first-order chi connectivity index (χ1) is 6.19. The monoisotopic (exact) mass is 200 g/mol. The molecule has 1 aromatic rings. The normalized spacial score (nSPS) is 12.6. The zero-order chi connectivity index (χ0) is 9.84. The molecule has 0 fully saturated rings. The van der Waals surface area contributed by atoms with Crippen LogP contribution in [0, 0.1) is 0 Å². The van der Waals surface area contributed by atoms with Crippen molar-refractivity contribution >= 4 is 11.6 Å². The van der Waals surface area contributed by atoms with E-state index in [0.717, 1.165) is 5.56 Å². The SMILES string of the molecule is COc1ccc(C(N)CN)cc1Cl. The van der Waals surface area contributed by atoms with Gasteiger partial charge in [-0.15, -0.1) is 0 Å². The molecule has 0 bridgehead atoms. The minimum Gasteiger partial charge on any atom is -0.495 e. The molecule has 1 atom stereocenters. The number of halogens is 1. The molecular weight excluding hydrogens is 188 g/mol. The molecule has 1 rings (SSSR count). The van der Waals surface area contributed by atoms with Gasteiger partial charge in [0.15, 0.2) is 0 Å². The van der Waals surface area contributed by atoms with Crippen molar-refractivity contribution < 1.29 is 4.74 Å². The van der Waals surface area contributed by atoms with Crippen molar-refractivity contribution in [1.29, 1.82) is 0 Å². The second-order valence-electron chi connectivity index (χ2n) is 2.74. The van der Waals surface area contributed by atoms with E-state index < -0.39 is 0 Å². The average Bonchev–Trinajstić information content (AvgIpc) is 2.16. The van der Waals surface area contributed by atoms with Crippen LogP contribution in [0.3, 0.4) is 0 Å². The van der Waals surface area contributed by atoms with Crippen LogP contribution >= 0.6 is 11.6 Å². The number of methoxy groups -OCH3 is 1. The van der Waals surface area contributed by atoms with Crippen molar-refractivity contribution in [2.45, 2.75) is 6.04 Å². The third-order valence-electron chi connectivity index (χ3n) is 1.86. The van der Waals surface area contributed by atoms with Gasteiger partial charge in [0.1, 0.15) is 5.75 Å². The Morgan fingerprint density at radius 1 is 1.54 bits per heavy atom. The average molecular weight is 201 g/mol. The lowest BCUT2D eigenvalue weighted by molar-refractivity contribution is 0.414. The highest BCUT2D eigenvalue weighted by Gasteiger charge is 2.06. The predicted octanol–water partition coefficient (Wildman–Crippen LogP) is 1.31.